The molecular weight excluding hydrogens is 486 g/mol. The second kappa shape index (κ2) is 10.7. The highest BCUT2D eigenvalue weighted by molar-refractivity contribution is 6.03. The Bertz CT molecular complexity index is 1440. The first-order chi connectivity index (χ1) is 18.4. The molecule has 5 rings (SSSR count). The Morgan fingerprint density at radius 1 is 1.18 bits per heavy atom. The quantitative estimate of drug-likeness (QED) is 0.317. The van der Waals surface area contributed by atoms with Crippen LogP contribution in [-0.2, 0) is 11.8 Å². The number of aryl methyl sites for hydroxylation is 2. The zero-order valence-corrected chi connectivity index (χ0v) is 22.3. The van der Waals surface area contributed by atoms with Gasteiger partial charge in [0.15, 0.2) is 5.82 Å². The van der Waals surface area contributed by atoms with Gasteiger partial charge in [-0.3, -0.25) is 14.4 Å². The molecule has 1 saturated heterocycles. The lowest BCUT2D eigenvalue weighted by atomic mass is 10.1. The topological polar surface area (TPSA) is 142 Å². The molecular formula is C25H33N11O2. The number of likely N-dealkylation sites (N-methyl/N-ethyl adjacent to an activating group) is 1. The molecule has 1 amide bonds. The molecule has 0 radical (unpaired) electrons. The van der Waals surface area contributed by atoms with Crippen LogP contribution in [0.1, 0.15) is 18.9 Å². The van der Waals surface area contributed by atoms with E-state index in [1.165, 1.54) is 6.33 Å². The maximum absolute atomic E-state index is 13.3. The van der Waals surface area contributed by atoms with Gasteiger partial charge in [0.2, 0.25) is 11.9 Å². The van der Waals surface area contributed by atoms with Crippen molar-refractivity contribution in [2.24, 2.45) is 7.05 Å². The van der Waals surface area contributed by atoms with E-state index in [0.29, 0.717) is 40.1 Å². The number of carbonyl (C=O) groups is 1. The summed E-state index contributed by atoms with van der Waals surface area (Å²) >= 11 is 0. The molecule has 13 heteroatoms. The van der Waals surface area contributed by atoms with Crippen molar-refractivity contribution >= 4 is 34.4 Å². The summed E-state index contributed by atoms with van der Waals surface area (Å²) in [6.07, 6.45) is 7.55. The lowest BCUT2D eigenvalue weighted by Gasteiger charge is -2.36. The summed E-state index contributed by atoms with van der Waals surface area (Å²) < 4.78 is 6.97. The number of ether oxygens (including phenoxy) is 1. The number of carbonyl (C=O) groups excluding carboxylic acids is 1. The second-order valence-corrected chi connectivity index (χ2v) is 9.48. The van der Waals surface area contributed by atoms with Gasteiger partial charge >= 0.3 is 0 Å². The van der Waals surface area contributed by atoms with E-state index in [0.717, 1.165) is 43.7 Å². The lowest BCUT2D eigenvalue weighted by Crippen LogP contribution is -2.52. The number of nitrogens with zero attached hydrogens (tertiary/aromatic N) is 8. The molecule has 5 heterocycles. The van der Waals surface area contributed by atoms with Gasteiger partial charge in [0, 0.05) is 51.2 Å². The van der Waals surface area contributed by atoms with Crippen molar-refractivity contribution < 1.29 is 9.53 Å². The van der Waals surface area contributed by atoms with E-state index in [2.05, 4.69) is 52.5 Å². The largest absolute Gasteiger partial charge is 0.478 e. The van der Waals surface area contributed by atoms with Crippen molar-refractivity contribution in [1.29, 1.82) is 0 Å². The first-order valence-electron chi connectivity index (χ1n) is 12.6. The van der Waals surface area contributed by atoms with E-state index in [1.807, 2.05) is 27.1 Å². The fraction of sp³-hybridized carbons (Fsp3) is 0.440. The number of fused-ring (bicyclic) bond motifs is 1. The molecule has 13 nitrogen and oxygen atoms in total. The summed E-state index contributed by atoms with van der Waals surface area (Å²) in [6, 6.07) is -0.217. The molecule has 0 bridgehead atoms. The van der Waals surface area contributed by atoms with Gasteiger partial charge in [-0.15, -0.1) is 5.10 Å². The van der Waals surface area contributed by atoms with Gasteiger partial charge in [-0.25, -0.2) is 19.9 Å². The van der Waals surface area contributed by atoms with Crippen molar-refractivity contribution in [3.8, 4) is 17.1 Å². The Morgan fingerprint density at radius 3 is 2.71 bits per heavy atom. The van der Waals surface area contributed by atoms with Gasteiger partial charge in [-0.05, 0) is 26.0 Å². The van der Waals surface area contributed by atoms with E-state index in [1.54, 1.807) is 24.2 Å². The van der Waals surface area contributed by atoms with Crippen LogP contribution in [-0.4, -0.2) is 96.8 Å². The fourth-order valence-corrected chi connectivity index (χ4v) is 4.76. The molecule has 1 aliphatic heterocycles. The molecule has 0 saturated carbocycles. The van der Waals surface area contributed by atoms with Gasteiger partial charge in [-0.2, -0.15) is 0 Å². The molecule has 4 aromatic heterocycles. The van der Waals surface area contributed by atoms with E-state index in [4.69, 9.17) is 9.72 Å². The number of aromatic nitrogens is 7. The van der Waals surface area contributed by atoms with Crippen LogP contribution in [0.4, 0.5) is 17.5 Å². The molecule has 200 valence electrons. The first kappa shape index (κ1) is 25.5. The molecule has 3 N–H and O–H groups in total. The van der Waals surface area contributed by atoms with Crippen LogP contribution in [0.5, 0.6) is 5.88 Å². The average molecular weight is 520 g/mol. The summed E-state index contributed by atoms with van der Waals surface area (Å²) in [7, 11) is 5.47. The summed E-state index contributed by atoms with van der Waals surface area (Å²) in [5.41, 5.74) is 4.32. The third-order valence-electron chi connectivity index (χ3n) is 6.83. The molecule has 0 aromatic carbocycles. The summed E-state index contributed by atoms with van der Waals surface area (Å²) in [5.74, 6) is 1.22. The minimum absolute atomic E-state index is 0.0664. The summed E-state index contributed by atoms with van der Waals surface area (Å²) in [6.45, 7) is 7.60. The van der Waals surface area contributed by atoms with Crippen molar-refractivity contribution in [2.45, 2.75) is 26.3 Å². The first-order valence-corrected chi connectivity index (χ1v) is 12.6. The van der Waals surface area contributed by atoms with Crippen LogP contribution >= 0.6 is 0 Å². The fourth-order valence-electron chi connectivity index (χ4n) is 4.76. The van der Waals surface area contributed by atoms with Crippen LogP contribution in [0, 0.1) is 6.92 Å². The highest BCUT2D eigenvalue weighted by Gasteiger charge is 2.28. The normalized spacial score (nSPS) is 15.5. The molecule has 0 aliphatic carbocycles. The van der Waals surface area contributed by atoms with Crippen molar-refractivity contribution in [2.75, 3.05) is 51.0 Å². The Kier molecular flexibility index (Phi) is 7.20. The zero-order chi connectivity index (χ0) is 26.8. The third-order valence-corrected chi connectivity index (χ3v) is 6.83. The monoisotopic (exact) mass is 519 g/mol. The molecule has 1 unspecified atom stereocenters. The maximum atomic E-state index is 13.3. The molecule has 38 heavy (non-hydrogen) atoms. The average Bonchev–Trinajstić information content (AvgIpc) is 3.50. The van der Waals surface area contributed by atoms with Gasteiger partial charge in [-0.1, -0.05) is 6.92 Å². The summed E-state index contributed by atoms with van der Waals surface area (Å²) in [5, 5.41) is 10.5. The Labute approximate surface area is 220 Å². The lowest BCUT2D eigenvalue weighted by molar-refractivity contribution is -0.122. The summed E-state index contributed by atoms with van der Waals surface area (Å²) in [4.78, 5) is 39.1. The van der Waals surface area contributed by atoms with Crippen molar-refractivity contribution in [3.05, 3.63) is 30.5 Å². The van der Waals surface area contributed by atoms with Crippen LogP contribution in [0.25, 0.3) is 22.3 Å². The predicted octanol–water partition coefficient (Wildman–Crippen LogP) is 2.17. The standard InChI is InChI=1S/C25H33N11O2/c1-6-18(36-9-7-34(3)8-10-36)23(37)32-22-21-20(28-14-29-22)16(12-26-21)19-15(2)11-27-25(31-19)30-17-13-35(4)33-24(17)38-5/h11-14,18,26H,6-10H2,1-5H3,(H,27,30,31)(H,28,29,32,37). The molecule has 1 fully saturated rings. The van der Waals surface area contributed by atoms with Gasteiger partial charge < -0.3 is 25.3 Å². The Balaban J connectivity index is 1.41. The van der Waals surface area contributed by atoms with Crippen molar-refractivity contribution in [3.63, 3.8) is 0 Å². The highest BCUT2D eigenvalue weighted by atomic mass is 16.5. The Hall–Kier alpha value is -4.10. The number of methoxy groups -OCH3 is 1. The van der Waals surface area contributed by atoms with E-state index >= 15 is 0 Å². The number of piperazine rings is 1. The molecule has 1 atom stereocenters. The minimum Gasteiger partial charge on any atom is -0.478 e. The Morgan fingerprint density at radius 2 is 1.97 bits per heavy atom. The molecule has 0 spiro atoms. The van der Waals surface area contributed by atoms with Crippen LogP contribution in [0.3, 0.4) is 0 Å². The predicted molar refractivity (Wildman–Crippen MR) is 144 cm³/mol. The number of rotatable bonds is 8. The second-order valence-electron chi connectivity index (χ2n) is 9.48. The number of amides is 1. The van der Waals surface area contributed by atoms with Crippen molar-refractivity contribution in [1.82, 2.24) is 44.5 Å². The van der Waals surface area contributed by atoms with E-state index in [-0.39, 0.29) is 11.9 Å². The number of H-pyrrole nitrogens is 1. The molecule has 4 aromatic rings. The van der Waals surface area contributed by atoms with Gasteiger partial charge in [0.25, 0.3) is 5.88 Å². The smallest absolute Gasteiger partial charge is 0.256 e. The number of hydrogen-bond acceptors (Lipinski definition) is 10. The third kappa shape index (κ3) is 5.02. The van der Waals surface area contributed by atoms with Crippen LogP contribution in [0.15, 0.2) is 24.9 Å². The van der Waals surface area contributed by atoms with E-state index < -0.39 is 0 Å². The minimum atomic E-state index is -0.217. The van der Waals surface area contributed by atoms with E-state index in [9.17, 15) is 4.79 Å². The number of hydrogen-bond donors (Lipinski definition) is 3. The van der Waals surface area contributed by atoms with Gasteiger partial charge in [0.1, 0.15) is 23.0 Å². The zero-order valence-electron chi connectivity index (χ0n) is 22.3. The highest BCUT2D eigenvalue weighted by Crippen LogP contribution is 2.32. The van der Waals surface area contributed by atoms with Crippen LogP contribution < -0.4 is 15.4 Å². The maximum Gasteiger partial charge on any atom is 0.256 e. The number of nitrogens with one attached hydrogen (secondary N) is 3. The SMILES string of the molecule is CCC(C(=O)Nc1ncnc2c(-c3nc(Nc4cn(C)nc4OC)ncc3C)c[nH]c12)N1CCN(C)CC1. The van der Waals surface area contributed by atoms with Crippen LogP contribution in [0.2, 0.25) is 0 Å². The number of anilines is 3. The number of aromatic amines is 1. The molecule has 1 aliphatic rings. The van der Waals surface area contributed by atoms with Gasteiger partial charge in [0.05, 0.1) is 25.0 Å².